The quantitative estimate of drug-likeness (QED) is 0.717. The van der Waals surface area contributed by atoms with Crippen molar-refractivity contribution < 1.29 is 0 Å². The molecule has 0 radical (unpaired) electrons. The molecule has 0 saturated carbocycles. The summed E-state index contributed by atoms with van der Waals surface area (Å²) in [4.78, 5) is 0. The Morgan fingerprint density at radius 2 is 2.43 bits per heavy atom. The van der Waals surface area contributed by atoms with Crippen molar-refractivity contribution in [3.05, 3.63) is 23.5 Å². The number of rotatable bonds is 3. The predicted molar refractivity (Wildman–Crippen MR) is 55.3 cm³/mol. The van der Waals surface area contributed by atoms with Gasteiger partial charge in [0.05, 0.1) is 6.04 Å². The van der Waals surface area contributed by atoms with Crippen LogP contribution in [0.15, 0.2) is 12.3 Å². The van der Waals surface area contributed by atoms with Crippen LogP contribution >= 0.6 is 0 Å². The molecule has 0 bridgehead atoms. The largest absolute Gasteiger partial charge is 0.342 e. The number of terminal acetylenes is 1. The minimum absolute atomic E-state index is 0.0562. The number of aromatic nitrogens is 1. The van der Waals surface area contributed by atoms with Crippen LogP contribution in [0.1, 0.15) is 18.2 Å². The van der Waals surface area contributed by atoms with Gasteiger partial charge in [-0.1, -0.05) is 5.92 Å². The van der Waals surface area contributed by atoms with Crippen LogP contribution in [0.4, 0.5) is 0 Å². The summed E-state index contributed by atoms with van der Waals surface area (Å²) in [6.07, 6.45) is 7.15. The normalized spacial score (nSPS) is 11.7. The Morgan fingerprint density at radius 3 is 2.93 bits per heavy atom. The van der Waals surface area contributed by atoms with Crippen molar-refractivity contribution >= 4 is 0 Å². The number of nitrogens with zero attached hydrogens (tertiary/aromatic N) is 2. The molecule has 0 fully saturated rings. The van der Waals surface area contributed by atoms with Crippen LogP contribution in [0.5, 0.6) is 0 Å². The average molecular weight is 187 g/mol. The van der Waals surface area contributed by atoms with Crippen molar-refractivity contribution in [2.24, 2.45) is 7.05 Å². The fraction of sp³-hybridized carbons (Fsp3) is 0.364. The van der Waals surface area contributed by atoms with E-state index in [-0.39, 0.29) is 6.04 Å². The molecule has 1 unspecified atom stereocenters. The van der Waals surface area contributed by atoms with E-state index >= 15 is 0 Å². The highest BCUT2D eigenvalue weighted by Gasteiger charge is 2.02. The number of nitriles is 1. The first-order chi connectivity index (χ1) is 6.67. The van der Waals surface area contributed by atoms with Gasteiger partial charge in [0.15, 0.2) is 0 Å². The van der Waals surface area contributed by atoms with Crippen molar-refractivity contribution in [3.63, 3.8) is 0 Å². The zero-order valence-electron chi connectivity index (χ0n) is 8.41. The smallest absolute Gasteiger partial charge is 0.120 e. The molecule has 0 amide bonds. The average Bonchev–Trinajstić information content (AvgIpc) is 2.55. The van der Waals surface area contributed by atoms with Crippen LogP contribution in [-0.4, -0.2) is 10.6 Å². The van der Waals surface area contributed by atoms with Gasteiger partial charge in [-0.2, -0.15) is 5.26 Å². The second-order valence-electron chi connectivity index (χ2n) is 3.23. The fourth-order valence-electron chi connectivity index (χ4n) is 1.17. The summed E-state index contributed by atoms with van der Waals surface area (Å²) in [5.41, 5.74) is 1.74. The van der Waals surface area contributed by atoms with Crippen LogP contribution in [0.2, 0.25) is 0 Å². The Kier molecular flexibility index (Phi) is 3.34. The molecule has 14 heavy (non-hydrogen) atoms. The lowest BCUT2D eigenvalue weighted by molar-refractivity contribution is 0.647. The molecule has 1 rings (SSSR count). The highest BCUT2D eigenvalue weighted by Crippen LogP contribution is 2.05. The van der Waals surface area contributed by atoms with Crippen molar-refractivity contribution in [1.82, 2.24) is 9.88 Å². The molecular formula is C11H13N3. The van der Waals surface area contributed by atoms with E-state index in [0.29, 0.717) is 12.2 Å². The molecule has 0 aliphatic carbocycles. The van der Waals surface area contributed by atoms with E-state index in [1.165, 1.54) is 0 Å². The number of hydrogen-bond acceptors (Lipinski definition) is 2. The van der Waals surface area contributed by atoms with E-state index < -0.39 is 0 Å². The second-order valence-corrected chi connectivity index (χ2v) is 3.23. The standard InChI is InChI=1S/C11H13N3/c1-4-9(2)13-7-10-5-11(6-12)14(3)8-10/h1,5,8-9,13H,7H2,2-3H3. The lowest BCUT2D eigenvalue weighted by atomic mass is 10.3. The number of nitrogens with one attached hydrogen (secondary N) is 1. The van der Waals surface area contributed by atoms with Crippen molar-refractivity contribution in [1.29, 1.82) is 5.26 Å². The van der Waals surface area contributed by atoms with Gasteiger partial charge in [-0.15, -0.1) is 6.42 Å². The molecule has 0 aromatic carbocycles. The fourth-order valence-corrected chi connectivity index (χ4v) is 1.17. The van der Waals surface area contributed by atoms with E-state index in [9.17, 15) is 0 Å². The van der Waals surface area contributed by atoms with Gasteiger partial charge in [0.25, 0.3) is 0 Å². The first-order valence-corrected chi connectivity index (χ1v) is 4.42. The van der Waals surface area contributed by atoms with Gasteiger partial charge in [-0.05, 0) is 18.6 Å². The van der Waals surface area contributed by atoms with Crippen molar-refractivity contribution in [2.75, 3.05) is 0 Å². The molecule has 1 aromatic heterocycles. The summed E-state index contributed by atoms with van der Waals surface area (Å²) in [6.45, 7) is 2.62. The van der Waals surface area contributed by atoms with Gasteiger partial charge in [-0.3, -0.25) is 5.32 Å². The van der Waals surface area contributed by atoms with Crippen molar-refractivity contribution in [2.45, 2.75) is 19.5 Å². The molecule has 0 aliphatic heterocycles. The van der Waals surface area contributed by atoms with E-state index in [1.807, 2.05) is 26.2 Å². The maximum Gasteiger partial charge on any atom is 0.120 e. The summed E-state index contributed by atoms with van der Waals surface area (Å²) < 4.78 is 1.80. The summed E-state index contributed by atoms with van der Waals surface area (Å²) in [5, 5.41) is 11.9. The summed E-state index contributed by atoms with van der Waals surface area (Å²) in [6, 6.07) is 4.03. The lowest BCUT2D eigenvalue weighted by Gasteiger charge is -2.04. The molecule has 1 N–H and O–H groups in total. The highest BCUT2D eigenvalue weighted by atomic mass is 14.9. The summed E-state index contributed by atoms with van der Waals surface area (Å²) in [5.74, 6) is 2.59. The Labute approximate surface area is 84.3 Å². The van der Waals surface area contributed by atoms with Crippen LogP contribution in [0.25, 0.3) is 0 Å². The molecule has 3 heteroatoms. The van der Waals surface area contributed by atoms with Gasteiger partial charge in [-0.25, -0.2) is 0 Å². The summed E-state index contributed by atoms with van der Waals surface area (Å²) in [7, 11) is 1.85. The lowest BCUT2D eigenvalue weighted by Crippen LogP contribution is -2.23. The molecule has 3 nitrogen and oxygen atoms in total. The van der Waals surface area contributed by atoms with E-state index in [4.69, 9.17) is 11.7 Å². The molecule has 0 aliphatic rings. The number of aryl methyl sites for hydroxylation is 1. The Morgan fingerprint density at radius 1 is 1.71 bits per heavy atom. The number of hydrogen-bond donors (Lipinski definition) is 1. The molecule has 72 valence electrons. The molecule has 0 spiro atoms. The van der Waals surface area contributed by atoms with Gasteiger partial charge in [0, 0.05) is 19.8 Å². The molecule has 1 heterocycles. The van der Waals surface area contributed by atoms with E-state index in [2.05, 4.69) is 17.3 Å². The van der Waals surface area contributed by atoms with Crippen LogP contribution < -0.4 is 5.32 Å². The van der Waals surface area contributed by atoms with Gasteiger partial charge < -0.3 is 4.57 Å². The third kappa shape index (κ3) is 2.39. The Hall–Kier alpha value is -1.71. The maximum atomic E-state index is 8.73. The van der Waals surface area contributed by atoms with Gasteiger partial charge >= 0.3 is 0 Å². The summed E-state index contributed by atoms with van der Waals surface area (Å²) >= 11 is 0. The van der Waals surface area contributed by atoms with E-state index in [0.717, 1.165) is 5.56 Å². The highest BCUT2D eigenvalue weighted by molar-refractivity contribution is 5.28. The van der Waals surface area contributed by atoms with Gasteiger partial charge in [0.1, 0.15) is 11.8 Å². The first-order valence-electron chi connectivity index (χ1n) is 4.42. The maximum absolute atomic E-state index is 8.73. The zero-order chi connectivity index (χ0) is 10.6. The minimum atomic E-state index is 0.0562. The molecular weight excluding hydrogens is 174 g/mol. The molecule has 0 saturated heterocycles. The topological polar surface area (TPSA) is 40.8 Å². The molecule has 1 atom stereocenters. The first kappa shape index (κ1) is 10.4. The Bertz CT molecular complexity index is 390. The third-order valence-corrected chi connectivity index (χ3v) is 2.04. The van der Waals surface area contributed by atoms with E-state index in [1.54, 1.807) is 4.57 Å². The molecule has 1 aromatic rings. The zero-order valence-corrected chi connectivity index (χ0v) is 8.41. The van der Waals surface area contributed by atoms with Crippen LogP contribution in [0, 0.1) is 23.7 Å². The van der Waals surface area contributed by atoms with Crippen LogP contribution in [-0.2, 0) is 13.6 Å². The Balaban J connectivity index is 2.62. The minimum Gasteiger partial charge on any atom is -0.342 e. The second kappa shape index (κ2) is 4.50. The monoisotopic (exact) mass is 187 g/mol. The van der Waals surface area contributed by atoms with Gasteiger partial charge in [0.2, 0.25) is 0 Å². The van der Waals surface area contributed by atoms with Crippen molar-refractivity contribution in [3.8, 4) is 18.4 Å². The van der Waals surface area contributed by atoms with Crippen LogP contribution in [0.3, 0.4) is 0 Å². The third-order valence-electron chi connectivity index (χ3n) is 2.04. The SMILES string of the molecule is C#CC(C)NCc1cc(C#N)n(C)c1. The predicted octanol–water partition coefficient (Wildman–Crippen LogP) is 1.01.